The van der Waals surface area contributed by atoms with Gasteiger partial charge in [0.2, 0.25) is 21.8 Å². The molecule has 59 heavy (non-hydrogen) atoms. The minimum absolute atomic E-state index is 0.0741. The van der Waals surface area contributed by atoms with Gasteiger partial charge in [0, 0.05) is 23.1 Å². The van der Waals surface area contributed by atoms with E-state index >= 15 is 0 Å². The number of hydrogen-bond donors (Lipinski definition) is 3. The van der Waals surface area contributed by atoms with Crippen LogP contribution in [0.15, 0.2) is 53.0 Å². The van der Waals surface area contributed by atoms with Crippen LogP contribution >= 0.6 is 0 Å². The van der Waals surface area contributed by atoms with Crippen LogP contribution in [0.25, 0.3) is 33.0 Å². The minimum Gasteiger partial charge on any atom is -0.484 e. The number of benzene rings is 2. The molecule has 1 saturated heterocycles. The molecule has 2 aliphatic heterocycles. The van der Waals surface area contributed by atoms with Crippen molar-refractivity contribution in [2.45, 2.75) is 119 Å². The van der Waals surface area contributed by atoms with Gasteiger partial charge in [0.15, 0.2) is 11.3 Å². The van der Waals surface area contributed by atoms with Crippen molar-refractivity contribution < 1.29 is 50.3 Å². The first kappa shape index (κ1) is 39.2. The molecule has 4 fully saturated rings. The van der Waals surface area contributed by atoms with Crippen molar-refractivity contribution in [2.24, 2.45) is 5.92 Å². The molecule has 3 N–H and O–H groups in total. The lowest BCUT2D eigenvalue weighted by atomic mass is 10.0. The largest absolute Gasteiger partial charge is 0.484 e. The van der Waals surface area contributed by atoms with Crippen LogP contribution in [-0.2, 0) is 29.1 Å². The number of amides is 4. The van der Waals surface area contributed by atoms with Gasteiger partial charge in [-0.1, -0.05) is 25.0 Å². The smallest absolute Gasteiger partial charge is 0.408 e. The van der Waals surface area contributed by atoms with Gasteiger partial charge in [-0.3, -0.25) is 19.1 Å². The molecule has 14 nitrogen and oxygen atoms in total. The predicted octanol–water partition coefficient (Wildman–Crippen LogP) is 5.80. The summed E-state index contributed by atoms with van der Waals surface area (Å²) in [5.41, 5.74) is -0.572. The number of furan rings is 1. The number of nitrogens with one attached hydrogen (secondary N) is 3. The maximum absolute atomic E-state index is 14.8. The number of allylic oxidation sites excluding steroid dienone is 1. The van der Waals surface area contributed by atoms with Crippen LogP contribution in [0.5, 0.6) is 5.75 Å². The van der Waals surface area contributed by atoms with Crippen molar-refractivity contribution in [3.63, 3.8) is 0 Å². The quantitative estimate of drug-likeness (QED) is 0.192. The number of carbonyl (C=O) groups is 4. The Hall–Kier alpha value is -5.32. The van der Waals surface area contributed by atoms with E-state index in [0.29, 0.717) is 42.2 Å². The third-order valence-electron chi connectivity index (χ3n) is 12.3. The minimum atomic E-state index is -3.95. The van der Waals surface area contributed by atoms with Crippen molar-refractivity contribution in [1.29, 1.82) is 0 Å². The number of ether oxygens (including phenoxy) is 2. The Kier molecular flexibility index (Phi) is 10.2. The molecule has 5 aliphatic rings. The zero-order valence-corrected chi connectivity index (χ0v) is 33.0. The Labute approximate surface area is 338 Å². The Bertz CT molecular complexity index is 2500. The molecule has 9 rings (SSSR count). The van der Waals surface area contributed by atoms with Gasteiger partial charge in [0.1, 0.15) is 52.6 Å². The van der Waals surface area contributed by atoms with Crippen LogP contribution in [0.2, 0.25) is 0 Å². The van der Waals surface area contributed by atoms with Crippen molar-refractivity contribution in [1.82, 2.24) is 25.2 Å². The number of aromatic nitrogens is 1. The molecule has 4 heterocycles. The van der Waals surface area contributed by atoms with Crippen molar-refractivity contribution in [2.75, 3.05) is 6.54 Å². The molecule has 3 aliphatic carbocycles. The molecule has 2 aromatic carbocycles. The number of carbonyl (C=O) groups excluding carboxylic acids is 4. The molecule has 0 bridgehead atoms. The van der Waals surface area contributed by atoms with Gasteiger partial charge in [-0.25, -0.2) is 27.0 Å². The standard InChI is InChI=1S/C42H45F2N5O9S/c43-24-12-16-31-29(18-24)36(37-35(45-31)30-19-25(44)13-17-34(30)58-37)56-27-20-33-38(50)47-42(40(52)48-59(54,55)28-14-15-28)21-23(42)8-4-2-1-3-5-11-32(39(51)49(33)22-27)46-41(53)57-26-9-6-7-10-26/h4,8,12-13,16-19,23,26-28,32-33H,1-3,5-7,9-11,14-15,20-22H2,(H,46,53)(H,47,50)(H,48,52)/b8-4-/t23-,27+,32-,33-,42+/m0/s1. The summed E-state index contributed by atoms with van der Waals surface area (Å²) >= 11 is 0. The highest BCUT2D eigenvalue weighted by atomic mass is 32.2. The summed E-state index contributed by atoms with van der Waals surface area (Å²) in [7, 11) is -3.95. The summed E-state index contributed by atoms with van der Waals surface area (Å²) < 4.78 is 75.7. The second-order valence-electron chi connectivity index (χ2n) is 16.5. The monoisotopic (exact) mass is 833 g/mol. The molecule has 0 spiro atoms. The molecule has 2 aromatic heterocycles. The highest BCUT2D eigenvalue weighted by molar-refractivity contribution is 7.91. The average Bonchev–Trinajstić information content (AvgIpc) is 4.02. The number of nitrogens with zero attached hydrogens (tertiary/aromatic N) is 2. The van der Waals surface area contributed by atoms with E-state index < -0.39 is 80.4 Å². The number of pyridine rings is 1. The van der Waals surface area contributed by atoms with Crippen molar-refractivity contribution in [3.05, 3.63) is 60.2 Å². The van der Waals surface area contributed by atoms with Crippen LogP contribution in [0.1, 0.15) is 83.5 Å². The summed E-state index contributed by atoms with van der Waals surface area (Å²) in [6, 6.07) is 5.57. The lowest BCUT2D eigenvalue weighted by Gasteiger charge is -2.30. The topological polar surface area (TPSA) is 186 Å². The molecule has 312 valence electrons. The molecule has 3 saturated carbocycles. The van der Waals surface area contributed by atoms with Gasteiger partial charge in [-0.2, -0.15) is 0 Å². The van der Waals surface area contributed by atoms with E-state index in [0.717, 1.165) is 38.5 Å². The van der Waals surface area contributed by atoms with Crippen LogP contribution in [0.3, 0.4) is 0 Å². The molecule has 17 heteroatoms. The van der Waals surface area contributed by atoms with Crippen LogP contribution < -0.4 is 20.1 Å². The van der Waals surface area contributed by atoms with E-state index in [1.54, 1.807) is 0 Å². The van der Waals surface area contributed by atoms with Gasteiger partial charge in [0.05, 0.1) is 17.3 Å². The number of halogens is 2. The van der Waals surface area contributed by atoms with Gasteiger partial charge >= 0.3 is 6.09 Å². The van der Waals surface area contributed by atoms with Crippen molar-refractivity contribution in [3.8, 4) is 5.75 Å². The molecule has 4 aromatic rings. The van der Waals surface area contributed by atoms with E-state index in [1.807, 2.05) is 12.2 Å². The number of rotatable bonds is 7. The molecule has 5 atom stereocenters. The van der Waals surface area contributed by atoms with Crippen LogP contribution in [0, 0.1) is 17.6 Å². The lowest BCUT2D eigenvalue weighted by Crippen LogP contribution is -2.58. The zero-order valence-electron chi connectivity index (χ0n) is 32.2. The molecule has 0 unspecified atom stereocenters. The van der Waals surface area contributed by atoms with Crippen molar-refractivity contribution >= 4 is 66.8 Å². The lowest BCUT2D eigenvalue weighted by molar-refractivity contribution is -0.141. The van der Waals surface area contributed by atoms with E-state index in [1.165, 1.54) is 41.3 Å². The van der Waals surface area contributed by atoms with Gasteiger partial charge in [-0.15, -0.1) is 0 Å². The van der Waals surface area contributed by atoms with E-state index in [-0.39, 0.29) is 54.1 Å². The SMILES string of the molecule is O=C(N[C@H]1CCCCC/C=C\[C@H]2C[C@@]2(C(=O)NS(=O)(=O)C2CC2)NC(=O)[C@@H]2C[C@@H](Oc3c4cc(F)ccc4nc4c3oc3ccc(F)cc34)CN2C1=O)OC1CCCC1. The fourth-order valence-corrected chi connectivity index (χ4v) is 10.2. The van der Waals surface area contributed by atoms with Gasteiger partial charge < -0.3 is 29.4 Å². The second kappa shape index (κ2) is 15.4. The third kappa shape index (κ3) is 7.80. The van der Waals surface area contributed by atoms with Crippen LogP contribution in [-0.4, -0.2) is 83.7 Å². The fourth-order valence-electron chi connectivity index (χ4n) is 8.82. The molecular formula is C42H45F2N5O9S. The number of fused-ring (bicyclic) bond motifs is 6. The van der Waals surface area contributed by atoms with Gasteiger partial charge in [-0.05, 0) is 101 Å². The second-order valence-corrected chi connectivity index (χ2v) is 18.5. The van der Waals surface area contributed by atoms with E-state index in [4.69, 9.17) is 13.9 Å². The summed E-state index contributed by atoms with van der Waals surface area (Å²) in [6.07, 6.45) is 9.05. The van der Waals surface area contributed by atoms with E-state index in [2.05, 4.69) is 20.3 Å². The first-order chi connectivity index (χ1) is 28.4. The zero-order chi connectivity index (χ0) is 41.1. The Balaban J connectivity index is 1.07. The highest BCUT2D eigenvalue weighted by Crippen LogP contribution is 2.46. The molecular weight excluding hydrogens is 789 g/mol. The van der Waals surface area contributed by atoms with Gasteiger partial charge in [0.25, 0.3) is 5.91 Å². The Morgan fingerprint density at radius 1 is 0.932 bits per heavy atom. The number of alkyl carbamates (subject to hydrolysis) is 1. The Morgan fingerprint density at radius 2 is 1.68 bits per heavy atom. The van der Waals surface area contributed by atoms with E-state index in [9.17, 15) is 36.4 Å². The Morgan fingerprint density at radius 3 is 2.46 bits per heavy atom. The fraction of sp³-hybridized carbons (Fsp3) is 0.500. The average molecular weight is 834 g/mol. The highest BCUT2D eigenvalue weighted by Gasteiger charge is 2.62. The normalized spacial score (nSPS) is 27.4. The number of hydrogen-bond acceptors (Lipinski definition) is 10. The molecule has 0 radical (unpaired) electrons. The maximum atomic E-state index is 14.8. The maximum Gasteiger partial charge on any atom is 0.408 e. The first-order valence-electron chi connectivity index (χ1n) is 20.5. The summed E-state index contributed by atoms with van der Waals surface area (Å²) in [5, 5.41) is 5.55. The summed E-state index contributed by atoms with van der Waals surface area (Å²) in [4.78, 5) is 62.3. The summed E-state index contributed by atoms with van der Waals surface area (Å²) in [6.45, 7) is -0.166. The number of sulfonamides is 1. The predicted molar refractivity (Wildman–Crippen MR) is 210 cm³/mol. The van der Waals surface area contributed by atoms with Crippen LogP contribution in [0.4, 0.5) is 13.6 Å². The first-order valence-corrected chi connectivity index (χ1v) is 22.0. The molecule has 4 amide bonds. The third-order valence-corrected chi connectivity index (χ3v) is 14.1. The summed E-state index contributed by atoms with van der Waals surface area (Å²) in [5.74, 6) is -3.64.